The minimum Gasteiger partial charge on any atom is -0.314 e. The number of hydrogen-bond acceptors (Lipinski definition) is 5. The first-order valence-electron chi connectivity index (χ1n) is 6.28. The molecule has 0 spiro atoms. The lowest BCUT2D eigenvalue weighted by atomic mass is 10.3. The zero-order chi connectivity index (χ0) is 13.5. The standard InChI is InChI=1S/C13H12N6S/c1-14-8-11-12(15-13-18(11)6-7-20-13)19-10-5-3-2-4-9(10)16-17-19/h2-7,14H,8H2,1H3. The summed E-state index contributed by atoms with van der Waals surface area (Å²) in [6.07, 6.45) is 2.03. The van der Waals surface area contributed by atoms with E-state index in [0.717, 1.165) is 34.1 Å². The molecule has 7 heteroatoms. The predicted octanol–water partition coefficient (Wildman–Crippen LogP) is 1.85. The van der Waals surface area contributed by atoms with E-state index in [1.165, 1.54) is 0 Å². The van der Waals surface area contributed by atoms with E-state index in [9.17, 15) is 0 Å². The van der Waals surface area contributed by atoms with Gasteiger partial charge in [0.15, 0.2) is 10.8 Å². The number of fused-ring (bicyclic) bond motifs is 2. The molecule has 0 radical (unpaired) electrons. The molecule has 4 rings (SSSR count). The predicted molar refractivity (Wildman–Crippen MR) is 78.3 cm³/mol. The molecule has 1 N–H and O–H groups in total. The molecule has 0 saturated heterocycles. The SMILES string of the molecule is CNCc1c(-n2nnc3ccccc32)nc2sccn12. The van der Waals surface area contributed by atoms with Crippen molar-refractivity contribution in [1.29, 1.82) is 0 Å². The maximum Gasteiger partial charge on any atom is 0.196 e. The number of rotatable bonds is 3. The second-order valence-corrected chi connectivity index (χ2v) is 5.33. The van der Waals surface area contributed by atoms with Gasteiger partial charge in [-0.3, -0.25) is 4.40 Å². The molecule has 0 aliphatic carbocycles. The molecule has 3 heterocycles. The Bertz CT molecular complexity index is 887. The molecule has 0 bridgehead atoms. The van der Waals surface area contributed by atoms with E-state index in [-0.39, 0.29) is 0 Å². The van der Waals surface area contributed by atoms with Gasteiger partial charge in [-0.2, -0.15) is 9.67 Å². The molecule has 1 aromatic carbocycles. The number of thiazole rings is 1. The van der Waals surface area contributed by atoms with Crippen LogP contribution in [0.3, 0.4) is 0 Å². The Balaban J connectivity index is 2.01. The molecule has 100 valence electrons. The molecule has 0 fully saturated rings. The molecule has 20 heavy (non-hydrogen) atoms. The van der Waals surface area contributed by atoms with Gasteiger partial charge in [0.25, 0.3) is 0 Å². The van der Waals surface area contributed by atoms with Crippen LogP contribution in [0, 0.1) is 0 Å². The molecule has 4 aromatic rings. The van der Waals surface area contributed by atoms with Crippen LogP contribution in [0.4, 0.5) is 0 Å². The zero-order valence-corrected chi connectivity index (χ0v) is 11.6. The third-order valence-corrected chi connectivity index (χ3v) is 3.99. The van der Waals surface area contributed by atoms with E-state index in [4.69, 9.17) is 0 Å². The highest BCUT2D eigenvalue weighted by Crippen LogP contribution is 2.22. The Kier molecular flexibility index (Phi) is 2.54. The zero-order valence-electron chi connectivity index (χ0n) is 10.8. The number of hydrogen-bond donors (Lipinski definition) is 1. The third kappa shape index (κ3) is 1.57. The highest BCUT2D eigenvalue weighted by molar-refractivity contribution is 7.15. The van der Waals surface area contributed by atoms with Crippen LogP contribution in [0.15, 0.2) is 35.8 Å². The quantitative estimate of drug-likeness (QED) is 0.624. The first-order valence-corrected chi connectivity index (χ1v) is 7.16. The largest absolute Gasteiger partial charge is 0.314 e. The minimum atomic E-state index is 0.724. The van der Waals surface area contributed by atoms with Gasteiger partial charge in [0.05, 0.1) is 11.2 Å². The van der Waals surface area contributed by atoms with E-state index >= 15 is 0 Å². The summed E-state index contributed by atoms with van der Waals surface area (Å²) in [6.45, 7) is 0.724. The smallest absolute Gasteiger partial charge is 0.196 e. The van der Waals surface area contributed by atoms with Gasteiger partial charge in [-0.05, 0) is 19.2 Å². The Morgan fingerprint density at radius 3 is 3.10 bits per heavy atom. The molecule has 3 aromatic heterocycles. The lowest BCUT2D eigenvalue weighted by molar-refractivity contribution is 0.746. The van der Waals surface area contributed by atoms with Crippen molar-refractivity contribution in [2.75, 3.05) is 7.05 Å². The lowest BCUT2D eigenvalue weighted by Gasteiger charge is -2.03. The summed E-state index contributed by atoms with van der Waals surface area (Å²) < 4.78 is 3.90. The minimum absolute atomic E-state index is 0.724. The van der Waals surface area contributed by atoms with Crippen LogP contribution in [0.25, 0.3) is 21.8 Å². The van der Waals surface area contributed by atoms with Crippen molar-refractivity contribution < 1.29 is 0 Å². The van der Waals surface area contributed by atoms with Crippen molar-refractivity contribution >= 4 is 27.3 Å². The summed E-state index contributed by atoms with van der Waals surface area (Å²) >= 11 is 1.61. The molecule has 0 aliphatic rings. The van der Waals surface area contributed by atoms with Gasteiger partial charge in [-0.25, -0.2) is 0 Å². The molecule has 0 aliphatic heterocycles. The van der Waals surface area contributed by atoms with Crippen LogP contribution >= 0.6 is 11.3 Å². The van der Waals surface area contributed by atoms with E-state index < -0.39 is 0 Å². The van der Waals surface area contributed by atoms with Crippen molar-refractivity contribution in [3.8, 4) is 5.82 Å². The van der Waals surface area contributed by atoms with E-state index in [1.54, 1.807) is 11.3 Å². The van der Waals surface area contributed by atoms with Crippen LogP contribution in [-0.2, 0) is 6.54 Å². The van der Waals surface area contributed by atoms with E-state index in [1.807, 2.05) is 47.6 Å². The lowest BCUT2D eigenvalue weighted by Crippen LogP contribution is -2.11. The van der Waals surface area contributed by atoms with Crippen LogP contribution in [-0.4, -0.2) is 31.4 Å². The van der Waals surface area contributed by atoms with Crippen molar-refractivity contribution in [2.45, 2.75) is 6.54 Å². The fourth-order valence-electron chi connectivity index (χ4n) is 2.35. The van der Waals surface area contributed by atoms with Crippen LogP contribution < -0.4 is 5.32 Å². The van der Waals surface area contributed by atoms with Crippen molar-refractivity contribution in [3.63, 3.8) is 0 Å². The first kappa shape index (κ1) is 11.6. The number of benzene rings is 1. The second-order valence-electron chi connectivity index (χ2n) is 4.46. The van der Waals surface area contributed by atoms with Gasteiger partial charge < -0.3 is 5.32 Å². The third-order valence-electron chi connectivity index (χ3n) is 3.24. The Morgan fingerprint density at radius 2 is 2.20 bits per heavy atom. The van der Waals surface area contributed by atoms with Crippen LogP contribution in [0.2, 0.25) is 0 Å². The van der Waals surface area contributed by atoms with Gasteiger partial charge in [0, 0.05) is 18.1 Å². The molecule has 6 nitrogen and oxygen atoms in total. The average molecular weight is 284 g/mol. The topological polar surface area (TPSA) is 60.0 Å². The molecule has 0 atom stereocenters. The number of nitrogens with one attached hydrogen (secondary N) is 1. The van der Waals surface area contributed by atoms with Gasteiger partial charge in [0.1, 0.15) is 5.52 Å². The van der Waals surface area contributed by atoms with Crippen LogP contribution in [0.5, 0.6) is 0 Å². The normalized spacial score (nSPS) is 11.7. The van der Waals surface area contributed by atoms with E-state index in [0.29, 0.717) is 0 Å². The van der Waals surface area contributed by atoms with Crippen molar-refractivity contribution in [2.24, 2.45) is 0 Å². The summed E-state index contributed by atoms with van der Waals surface area (Å²) in [5, 5.41) is 13.7. The number of imidazole rings is 1. The maximum absolute atomic E-state index is 4.69. The Morgan fingerprint density at radius 1 is 1.30 bits per heavy atom. The summed E-state index contributed by atoms with van der Waals surface area (Å²) in [6, 6.07) is 7.90. The summed E-state index contributed by atoms with van der Waals surface area (Å²) in [7, 11) is 1.93. The summed E-state index contributed by atoms with van der Waals surface area (Å²) in [5.41, 5.74) is 2.93. The molecule has 0 amide bonds. The van der Waals surface area contributed by atoms with Crippen molar-refractivity contribution in [1.82, 2.24) is 29.7 Å². The molecular formula is C13H12N6S. The highest BCUT2D eigenvalue weighted by atomic mass is 32.1. The molecule has 0 saturated carbocycles. The number of aromatic nitrogens is 5. The fourth-order valence-corrected chi connectivity index (χ4v) is 3.08. The van der Waals surface area contributed by atoms with Crippen LogP contribution in [0.1, 0.15) is 5.69 Å². The van der Waals surface area contributed by atoms with Gasteiger partial charge in [-0.1, -0.05) is 17.3 Å². The average Bonchev–Trinajstić information content (AvgIpc) is 3.14. The summed E-state index contributed by atoms with van der Waals surface area (Å²) in [5.74, 6) is 0.833. The first-order chi connectivity index (χ1) is 9.88. The van der Waals surface area contributed by atoms with Gasteiger partial charge >= 0.3 is 0 Å². The molecule has 0 unspecified atom stereocenters. The maximum atomic E-state index is 4.69. The Labute approximate surface area is 118 Å². The van der Waals surface area contributed by atoms with Gasteiger partial charge in [-0.15, -0.1) is 16.4 Å². The molecular weight excluding hydrogens is 272 g/mol. The second kappa shape index (κ2) is 4.39. The monoisotopic (exact) mass is 284 g/mol. The van der Waals surface area contributed by atoms with Crippen molar-refractivity contribution in [3.05, 3.63) is 41.5 Å². The fraction of sp³-hybridized carbons (Fsp3) is 0.154. The Hall–Kier alpha value is -2.25. The summed E-state index contributed by atoms with van der Waals surface area (Å²) in [4.78, 5) is 5.65. The highest BCUT2D eigenvalue weighted by Gasteiger charge is 2.17. The number of para-hydroxylation sites is 1. The van der Waals surface area contributed by atoms with E-state index in [2.05, 4.69) is 25.0 Å². The number of nitrogens with zero attached hydrogens (tertiary/aromatic N) is 5. The van der Waals surface area contributed by atoms with Gasteiger partial charge in [0.2, 0.25) is 0 Å².